The average molecular weight is 313 g/mol. The van der Waals surface area contributed by atoms with E-state index in [0.717, 1.165) is 0 Å². The maximum Gasteiger partial charge on any atom is 0.265 e. The van der Waals surface area contributed by atoms with Gasteiger partial charge in [0.05, 0.1) is 7.11 Å². The summed E-state index contributed by atoms with van der Waals surface area (Å²) in [6.07, 6.45) is -0.672. The normalized spacial score (nSPS) is 11.4. The summed E-state index contributed by atoms with van der Waals surface area (Å²) in [5.74, 6) is 0.926. The SMILES string of the molecule is COc1cccc(OC(C)C(=O)Nc2ccc(C(C)=O)cc2)c1. The number of carbonyl (C=O) groups is 2. The Labute approximate surface area is 135 Å². The summed E-state index contributed by atoms with van der Waals surface area (Å²) in [6, 6.07) is 13.8. The lowest BCUT2D eigenvalue weighted by Crippen LogP contribution is -2.30. The first kappa shape index (κ1) is 16.5. The third-order valence-electron chi connectivity index (χ3n) is 3.28. The van der Waals surface area contributed by atoms with Crippen LogP contribution in [-0.4, -0.2) is 24.9 Å². The van der Waals surface area contributed by atoms with Crippen molar-refractivity contribution in [2.45, 2.75) is 20.0 Å². The van der Waals surface area contributed by atoms with Crippen LogP contribution < -0.4 is 14.8 Å². The van der Waals surface area contributed by atoms with Gasteiger partial charge in [-0.2, -0.15) is 0 Å². The summed E-state index contributed by atoms with van der Waals surface area (Å²) in [6.45, 7) is 3.16. The Kier molecular flexibility index (Phi) is 5.36. The lowest BCUT2D eigenvalue weighted by molar-refractivity contribution is -0.122. The molecule has 5 nitrogen and oxygen atoms in total. The summed E-state index contributed by atoms with van der Waals surface area (Å²) < 4.78 is 10.7. The largest absolute Gasteiger partial charge is 0.497 e. The molecule has 1 N–H and O–H groups in total. The Morgan fingerprint density at radius 3 is 2.30 bits per heavy atom. The van der Waals surface area contributed by atoms with Crippen molar-refractivity contribution < 1.29 is 19.1 Å². The van der Waals surface area contributed by atoms with Gasteiger partial charge in [0.1, 0.15) is 11.5 Å². The van der Waals surface area contributed by atoms with Crippen LogP contribution in [0.5, 0.6) is 11.5 Å². The van der Waals surface area contributed by atoms with Crippen molar-refractivity contribution >= 4 is 17.4 Å². The number of benzene rings is 2. The number of ketones is 1. The van der Waals surface area contributed by atoms with Crippen molar-refractivity contribution in [2.24, 2.45) is 0 Å². The summed E-state index contributed by atoms with van der Waals surface area (Å²) in [5.41, 5.74) is 1.21. The van der Waals surface area contributed by atoms with Crippen molar-refractivity contribution in [3.8, 4) is 11.5 Å². The number of nitrogens with one attached hydrogen (secondary N) is 1. The van der Waals surface area contributed by atoms with E-state index in [1.54, 1.807) is 62.6 Å². The number of amides is 1. The molecule has 0 bridgehead atoms. The molecule has 0 saturated heterocycles. The van der Waals surface area contributed by atoms with Crippen molar-refractivity contribution in [3.63, 3.8) is 0 Å². The molecule has 5 heteroatoms. The quantitative estimate of drug-likeness (QED) is 0.831. The van der Waals surface area contributed by atoms with E-state index in [1.165, 1.54) is 6.92 Å². The van der Waals surface area contributed by atoms with Crippen molar-refractivity contribution in [3.05, 3.63) is 54.1 Å². The fraction of sp³-hybridized carbons (Fsp3) is 0.222. The van der Waals surface area contributed by atoms with Crippen molar-refractivity contribution in [2.75, 3.05) is 12.4 Å². The van der Waals surface area contributed by atoms with E-state index in [9.17, 15) is 9.59 Å². The summed E-state index contributed by atoms with van der Waals surface area (Å²) in [5, 5.41) is 2.75. The Hall–Kier alpha value is -2.82. The number of anilines is 1. The lowest BCUT2D eigenvalue weighted by atomic mass is 10.1. The average Bonchev–Trinajstić information content (AvgIpc) is 2.55. The first-order valence-electron chi connectivity index (χ1n) is 7.22. The fourth-order valence-corrected chi connectivity index (χ4v) is 1.96. The standard InChI is InChI=1S/C18H19NO4/c1-12(20)14-7-9-15(10-8-14)19-18(21)13(2)23-17-6-4-5-16(11-17)22-3/h4-11,13H,1-3H3,(H,19,21). The highest BCUT2D eigenvalue weighted by Crippen LogP contribution is 2.20. The maximum absolute atomic E-state index is 12.2. The van der Waals surface area contributed by atoms with Gasteiger partial charge in [-0.25, -0.2) is 0 Å². The van der Waals surface area contributed by atoms with Gasteiger partial charge < -0.3 is 14.8 Å². The predicted octanol–water partition coefficient (Wildman–Crippen LogP) is 3.30. The molecular formula is C18H19NO4. The van der Waals surface area contributed by atoms with Gasteiger partial charge in [0.25, 0.3) is 5.91 Å². The number of rotatable bonds is 6. The van der Waals surface area contributed by atoms with Gasteiger partial charge in [0, 0.05) is 17.3 Å². The van der Waals surface area contributed by atoms with E-state index in [2.05, 4.69) is 5.32 Å². The van der Waals surface area contributed by atoms with Crippen LogP contribution >= 0.6 is 0 Å². The van der Waals surface area contributed by atoms with E-state index in [1.807, 2.05) is 0 Å². The maximum atomic E-state index is 12.2. The molecule has 0 heterocycles. The molecule has 120 valence electrons. The molecule has 0 spiro atoms. The van der Waals surface area contributed by atoms with Crippen LogP contribution in [0.1, 0.15) is 24.2 Å². The van der Waals surface area contributed by atoms with Crippen LogP contribution in [-0.2, 0) is 4.79 Å². The fourth-order valence-electron chi connectivity index (χ4n) is 1.96. The lowest BCUT2D eigenvalue weighted by Gasteiger charge is -2.15. The van der Waals surface area contributed by atoms with Gasteiger partial charge in [-0.05, 0) is 50.2 Å². The van der Waals surface area contributed by atoms with Crippen LogP contribution in [0.25, 0.3) is 0 Å². The molecular weight excluding hydrogens is 294 g/mol. The molecule has 0 aliphatic rings. The topological polar surface area (TPSA) is 64.6 Å². The molecule has 2 aromatic carbocycles. The molecule has 1 atom stereocenters. The minimum absolute atomic E-state index is 0.0161. The number of Topliss-reactive ketones (excluding diaryl/α,β-unsaturated/α-hetero) is 1. The molecule has 0 fully saturated rings. The monoisotopic (exact) mass is 313 g/mol. The summed E-state index contributed by atoms with van der Waals surface area (Å²) >= 11 is 0. The highest BCUT2D eigenvalue weighted by atomic mass is 16.5. The van der Waals surface area contributed by atoms with Crippen LogP contribution in [0, 0.1) is 0 Å². The van der Waals surface area contributed by atoms with Gasteiger partial charge in [-0.3, -0.25) is 9.59 Å². The molecule has 0 radical (unpaired) electrons. The van der Waals surface area contributed by atoms with Crippen LogP contribution in [0.15, 0.2) is 48.5 Å². The van der Waals surface area contributed by atoms with Crippen LogP contribution in [0.2, 0.25) is 0 Å². The summed E-state index contributed by atoms with van der Waals surface area (Å²) in [4.78, 5) is 23.4. The van der Waals surface area contributed by atoms with E-state index >= 15 is 0 Å². The minimum Gasteiger partial charge on any atom is -0.497 e. The minimum atomic E-state index is -0.672. The zero-order chi connectivity index (χ0) is 16.8. The first-order valence-corrected chi connectivity index (χ1v) is 7.22. The number of methoxy groups -OCH3 is 1. The number of hydrogen-bond donors (Lipinski definition) is 1. The van der Waals surface area contributed by atoms with Crippen molar-refractivity contribution in [1.29, 1.82) is 0 Å². The van der Waals surface area contributed by atoms with E-state index in [0.29, 0.717) is 22.7 Å². The second-order valence-electron chi connectivity index (χ2n) is 5.06. The zero-order valence-electron chi connectivity index (χ0n) is 13.3. The van der Waals surface area contributed by atoms with E-state index in [4.69, 9.17) is 9.47 Å². The van der Waals surface area contributed by atoms with Gasteiger partial charge in [-0.1, -0.05) is 6.07 Å². The molecule has 0 aromatic heterocycles. The Balaban J connectivity index is 1.97. The first-order chi connectivity index (χ1) is 11.0. The Bertz CT molecular complexity index is 694. The summed E-state index contributed by atoms with van der Waals surface area (Å²) in [7, 11) is 1.57. The van der Waals surface area contributed by atoms with Gasteiger partial charge >= 0.3 is 0 Å². The predicted molar refractivity (Wildman–Crippen MR) is 88.2 cm³/mol. The molecule has 2 rings (SSSR count). The van der Waals surface area contributed by atoms with E-state index < -0.39 is 6.10 Å². The molecule has 1 unspecified atom stereocenters. The van der Waals surface area contributed by atoms with Crippen LogP contribution in [0.4, 0.5) is 5.69 Å². The third kappa shape index (κ3) is 4.57. The number of hydrogen-bond acceptors (Lipinski definition) is 4. The molecule has 0 aliphatic heterocycles. The van der Waals surface area contributed by atoms with E-state index in [-0.39, 0.29) is 11.7 Å². The molecule has 2 aromatic rings. The molecule has 0 aliphatic carbocycles. The van der Waals surface area contributed by atoms with Gasteiger partial charge in [-0.15, -0.1) is 0 Å². The van der Waals surface area contributed by atoms with Crippen LogP contribution in [0.3, 0.4) is 0 Å². The second kappa shape index (κ2) is 7.45. The number of ether oxygens (including phenoxy) is 2. The van der Waals surface area contributed by atoms with Crippen molar-refractivity contribution in [1.82, 2.24) is 0 Å². The van der Waals surface area contributed by atoms with Gasteiger partial charge in [0.2, 0.25) is 0 Å². The smallest absolute Gasteiger partial charge is 0.265 e. The highest BCUT2D eigenvalue weighted by molar-refractivity contribution is 5.96. The third-order valence-corrected chi connectivity index (χ3v) is 3.28. The second-order valence-corrected chi connectivity index (χ2v) is 5.06. The highest BCUT2D eigenvalue weighted by Gasteiger charge is 2.15. The molecule has 0 saturated carbocycles. The van der Waals surface area contributed by atoms with Gasteiger partial charge in [0.15, 0.2) is 11.9 Å². The Morgan fingerprint density at radius 1 is 1.04 bits per heavy atom. The molecule has 1 amide bonds. The Morgan fingerprint density at radius 2 is 1.70 bits per heavy atom. The zero-order valence-corrected chi connectivity index (χ0v) is 13.3. The molecule has 23 heavy (non-hydrogen) atoms. The number of carbonyl (C=O) groups excluding carboxylic acids is 2.